The second kappa shape index (κ2) is 9.94. The van der Waals surface area contributed by atoms with Gasteiger partial charge in [-0.05, 0) is 47.7 Å². The SMILES string of the molecule is CCCCN1CCC(c2ccccc2)=C(C(=O)OCCc2ccc3c(c2)CCO3)C1. The Labute approximate surface area is 179 Å². The van der Waals surface area contributed by atoms with E-state index in [9.17, 15) is 4.79 Å². The molecule has 4 heteroatoms. The highest BCUT2D eigenvalue weighted by molar-refractivity contribution is 5.98. The fourth-order valence-corrected chi connectivity index (χ4v) is 4.28. The average Bonchev–Trinajstić information content (AvgIpc) is 3.26. The van der Waals surface area contributed by atoms with Crippen LogP contribution in [0.5, 0.6) is 5.75 Å². The second-order valence-electron chi connectivity index (χ2n) is 8.13. The van der Waals surface area contributed by atoms with Crippen molar-refractivity contribution in [2.75, 3.05) is 32.8 Å². The summed E-state index contributed by atoms with van der Waals surface area (Å²) in [5.74, 6) is 0.822. The molecule has 0 radical (unpaired) electrons. The lowest BCUT2D eigenvalue weighted by Gasteiger charge is -2.30. The number of ether oxygens (including phenoxy) is 2. The van der Waals surface area contributed by atoms with Crippen LogP contribution < -0.4 is 4.74 Å². The number of rotatable bonds is 8. The molecule has 2 aliphatic rings. The van der Waals surface area contributed by atoms with Crippen molar-refractivity contribution in [1.82, 2.24) is 4.90 Å². The lowest BCUT2D eigenvalue weighted by Crippen LogP contribution is -2.35. The molecule has 0 spiro atoms. The Balaban J connectivity index is 1.43. The molecule has 2 heterocycles. The van der Waals surface area contributed by atoms with Crippen molar-refractivity contribution in [3.8, 4) is 5.75 Å². The standard InChI is InChI=1S/C26H31NO3/c1-2-3-14-27-15-11-23(21-7-5-4-6-8-21)24(19-27)26(28)30-16-12-20-9-10-25-22(18-20)13-17-29-25/h4-10,18H,2-3,11-17,19H2,1H3. The van der Waals surface area contributed by atoms with Crippen LogP contribution in [0, 0.1) is 0 Å². The Hall–Kier alpha value is -2.59. The highest BCUT2D eigenvalue weighted by Crippen LogP contribution is 2.29. The normalized spacial score (nSPS) is 16.3. The fourth-order valence-electron chi connectivity index (χ4n) is 4.28. The van der Waals surface area contributed by atoms with Gasteiger partial charge >= 0.3 is 5.97 Å². The molecule has 0 saturated carbocycles. The molecular weight excluding hydrogens is 374 g/mol. The minimum Gasteiger partial charge on any atom is -0.493 e. The molecule has 2 aromatic rings. The van der Waals surface area contributed by atoms with Gasteiger partial charge in [-0.1, -0.05) is 55.8 Å². The monoisotopic (exact) mass is 405 g/mol. The van der Waals surface area contributed by atoms with E-state index in [4.69, 9.17) is 9.47 Å². The average molecular weight is 406 g/mol. The van der Waals surface area contributed by atoms with Crippen molar-refractivity contribution in [2.45, 2.75) is 39.0 Å². The van der Waals surface area contributed by atoms with Crippen LogP contribution in [0.1, 0.15) is 42.9 Å². The minimum absolute atomic E-state index is 0.167. The Kier molecular flexibility index (Phi) is 6.85. The number of unbranched alkanes of at least 4 members (excludes halogenated alkanes) is 1. The first-order valence-electron chi connectivity index (χ1n) is 11.2. The van der Waals surface area contributed by atoms with Crippen LogP contribution in [0.25, 0.3) is 5.57 Å². The van der Waals surface area contributed by atoms with Crippen LogP contribution in [0.3, 0.4) is 0 Å². The summed E-state index contributed by atoms with van der Waals surface area (Å²) in [4.78, 5) is 15.4. The summed E-state index contributed by atoms with van der Waals surface area (Å²) in [6, 6.07) is 16.5. The van der Waals surface area contributed by atoms with Gasteiger partial charge in [-0.25, -0.2) is 4.79 Å². The zero-order chi connectivity index (χ0) is 20.8. The number of hydrogen-bond donors (Lipinski definition) is 0. The number of carbonyl (C=O) groups is 1. The molecule has 0 unspecified atom stereocenters. The molecule has 0 aromatic heterocycles. The van der Waals surface area contributed by atoms with E-state index in [1.54, 1.807) is 0 Å². The molecule has 0 N–H and O–H groups in total. The molecule has 0 bridgehead atoms. The molecule has 0 fully saturated rings. The quantitative estimate of drug-likeness (QED) is 0.599. The van der Waals surface area contributed by atoms with Crippen molar-refractivity contribution in [3.63, 3.8) is 0 Å². The summed E-state index contributed by atoms with van der Waals surface area (Å²) in [6.45, 7) is 6.08. The molecule has 0 saturated heterocycles. The van der Waals surface area contributed by atoms with Crippen molar-refractivity contribution in [1.29, 1.82) is 0 Å². The molecule has 0 aliphatic carbocycles. The molecule has 2 aliphatic heterocycles. The summed E-state index contributed by atoms with van der Waals surface area (Å²) in [6.07, 6.45) is 4.90. The molecule has 30 heavy (non-hydrogen) atoms. The maximum Gasteiger partial charge on any atom is 0.335 e. The van der Waals surface area contributed by atoms with Crippen LogP contribution in [0.15, 0.2) is 54.1 Å². The van der Waals surface area contributed by atoms with Crippen LogP contribution in [0.2, 0.25) is 0 Å². The summed E-state index contributed by atoms with van der Waals surface area (Å²) in [5.41, 5.74) is 5.55. The van der Waals surface area contributed by atoms with E-state index in [0.29, 0.717) is 13.2 Å². The van der Waals surface area contributed by atoms with E-state index >= 15 is 0 Å². The zero-order valence-corrected chi connectivity index (χ0v) is 17.9. The van der Waals surface area contributed by atoms with Crippen molar-refractivity contribution < 1.29 is 14.3 Å². The summed E-state index contributed by atoms with van der Waals surface area (Å²) < 4.78 is 11.3. The molecule has 158 valence electrons. The van der Waals surface area contributed by atoms with Gasteiger partial charge in [0, 0.05) is 25.9 Å². The molecule has 0 amide bonds. The van der Waals surface area contributed by atoms with E-state index in [0.717, 1.165) is 74.3 Å². The summed E-state index contributed by atoms with van der Waals surface area (Å²) in [5, 5.41) is 0. The highest BCUT2D eigenvalue weighted by Gasteiger charge is 2.25. The first-order valence-corrected chi connectivity index (χ1v) is 11.2. The number of fused-ring (bicyclic) bond motifs is 1. The van der Waals surface area contributed by atoms with Crippen LogP contribution in [0.4, 0.5) is 0 Å². The van der Waals surface area contributed by atoms with Crippen molar-refractivity contribution >= 4 is 11.5 Å². The Morgan fingerprint density at radius 2 is 2.00 bits per heavy atom. The first-order chi connectivity index (χ1) is 14.7. The molecule has 0 atom stereocenters. The second-order valence-corrected chi connectivity index (χ2v) is 8.13. The van der Waals surface area contributed by atoms with Gasteiger partial charge in [0.1, 0.15) is 5.75 Å². The lowest BCUT2D eigenvalue weighted by atomic mass is 9.93. The Morgan fingerprint density at radius 1 is 1.13 bits per heavy atom. The van der Waals surface area contributed by atoms with Gasteiger partial charge in [0.15, 0.2) is 0 Å². The van der Waals surface area contributed by atoms with E-state index < -0.39 is 0 Å². The number of carbonyl (C=O) groups excluding carboxylic acids is 1. The van der Waals surface area contributed by atoms with E-state index in [1.807, 2.05) is 24.3 Å². The van der Waals surface area contributed by atoms with Crippen molar-refractivity contribution in [3.05, 3.63) is 70.8 Å². The van der Waals surface area contributed by atoms with E-state index in [-0.39, 0.29) is 5.97 Å². The number of benzene rings is 2. The van der Waals surface area contributed by atoms with Gasteiger partial charge in [0.25, 0.3) is 0 Å². The fraction of sp³-hybridized carbons (Fsp3) is 0.423. The molecule has 2 aromatic carbocycles. The predicted octanol–water partition coefficient (Wildman–Crippen LogP) is 4.67. The summed E-state index contributed by atoms with van der Waals surface area (Å²) in [7, 11) is 0. The van der Waals surface area contributed by atoms with E-state index in [2.05, 4.69) is 36.1 Å². The predicted molar refractivity (Wildman–Crippen MR) is 120 cm³/mol. The molecular formula is C26H31NO3. The minimum atomic E-state index is -0.167. The number of nitrogens with zero attached hydrogens (tertiary/aromatic N) is 1. The smallest absolute Gasteiger partial charge is 0.335 e. The van der Waals surface area contributed by atoms with Gasteiger partial charge in [-0.3, -0.25) is 4.90 Å². The Morgan fingerprint density at radius 3 is 2.83 bits per heavy atom. The first kappa shape index (κ1) is 20.7. The third kappa shape index (κ3) is 4.93. The number of esters is 1. The van der Waals surface area contributed by atoms with Crippen LogP contribution in [-0.2, 0) is 22.4 Å². The third-order valence-electron chi connectivity index (χ3n) is 6.00. The summed E-state index contributed by atoms with van der Waals surface area (Å²) >= 11 is 0. The lowest BCUT2D eigenvalue weighted by molar-refractivity contribution is -0.139. The van der Waals surface area contributed by atoms with Gasteiger partial charge < -0.3 is 9.47 Å². The van der Waals surface area contributed by atoms with Gasteiger partial charge in [-0.2, -0.15) is 0 Å². The van der Waals surface area contributed by atoms with Crippen molar-refractivity contribution in [2.24, 2.45) is 0 Å². The van der Waals surface area contributed by atoms with Crippen LogP contribution in [-0.4, -0.2) is 43.7 Å². The zero-order valence-electron chi connectivity index (χ0n) is 17.9. The number of hydrogen-bond acceptors (Lipinski definition) is 4. The Bertz CT molecular complexity index is 904. The topological polar surface area (TPSA) is 38.8 Å². The van der Waals surface area contributed by atoms with Crippen LogP contribution >= 0.6 is 0 Å². The molecule has 4 rings (SSSR count). The third-order valence-corrected chi connectivity index (χ3v) is 6.00. The maximum absolute atomic E-state index is 13.1. The largest absolute Gasteiger partial charge is 0.493 e. The molecule has 4 nitrogen and oxygen atoms in total. The maximum atomic E-state index is 13.1. The van der Waals surface area contributed by atoms with Gasteiger partial charge in [-0.15, -0.1) is 0 Å². The van der Waals surface area contributed by atoms with Gasteiger partial charge in [0.2, 0.25) is 0 Å². The van der Waals surface area contributed by atoms with Gasteiger partial charge in [0.05, 0.1) is 18.8 Å². The van der Waals surface area contributed by atoms with E-state index in [1.165, 1.54) is 11.1 Å². The highest BCUT2D eigenvalue weighted by atomic mass is 16.5.